The van der Waals surface area contributed by atoms with Gasteiger partial charge >= 0.3 is 0 Å². The summed E-state index contributed by atoms with van der Waals surface area (Å²) in [5.74, 6) is 1.84. The Kier molecular flexibility index (Phi) is 3.38. The first-order chi connectivity index (χ1) is 9.24. The number of benzene rings is 1. The van der Waals surface area contributed by atoms with Crippen molar-refractivity contribution in [3.05, 3.63) is 53.6 Å². The van der Waals surface area contributed by atoms with Gasteiger partial charge in [-0.3, -0.25) is 4.90 Å². The molecule has 100 valence electrons. The number of imidazole rings is 1. The minimum Gasteiger partial charge on any atom is -0.337 e. The van der Waals surface area contributed by atoms with E-state index in [0.717, 1.165) is 18.9 Å². The first kappa shape index (κ1) is 12.4. The molecule has 1 aromatic carbocycles. The van der Waals surface area contributed by atoms with Crippen LogP contribution < -0.4 is 0 Å². The van der Waals surface area contributed by atoms with Crippen molar-refractivity contribution < 1.29 is 0 Å². The van der Waals surface area contributed by atoms with Crippen molar-refractivity contribution in [2.75, 3.05) is 13.1 Å². The van der Waals surface area contributed by atoms with Gasteiger partial charge in [-0.2, -0.15) is 0 Å². The maximum absolute atomic E-state index is 4.42. The topological polar surface area (TPSA) is 21.1 Å². The maximum atomic E-state index is 4.42. The van der Waals surface area contributed by atoms with E-state index < -0.39 is 0 Å². The molecule has 1 aliphatic heterocycles. The average molecular weight is 255 g/mol. The first-order valence-electron chi connectivity index (χ1n) is 6.98. The molecule has 1 aromatic heterocycles. The molecule has 0 unspecified atom stereocenters. The van der Waals surface area contributed by atoms with Crippen molar-refractivity contribution in [3.63, 3.8) is 0 Å². The Morgan fingerprint density at radius 2 is 2.16 bits per heavy atom. The third-order valence-electron chi connectivity index (χ3n) is 4.19. The molecule has 0 spiro atoms. The van der Waals surface area contributed by atoms with Crippen LogP contribution in [0.3, 0.4) is 0 Å². The van der Waals surface area contributed by atoms with Crippen molar-refractivity contribution >= 4 is 0 Å². The summed E-state index contributed by atoms with van der Waals surface area (Å²) in [5, 5.41) is 0. The summed E-state index contributed by atoms with van der Waals surface area (Å²) in [5.41, 5.74) is 2.94. The molecule has 0 amide bonds. The Labute approximate surface area is 114 Å². The fraction of sp³-hybridized carbons (Fsp3) is 0.438. The molecule has 19 heavy (non-hydrogen) atoms. The van der Waals surface area contributed by atoms with Crippen LogP contribution in [-0.4, -0.2) is 27.5 Å². The fourth-order valence-corrected chi connectivity index (χ4v) is 3.02. The molecule has 2 heterocycles. The molecule has 0 N–H and O–H groups in total. The number of hydrogen-bond donors (Lipinski definition) is 0. The lowest BCUT2D eigenvalue weighted by atomic mass is 9.94. The molecule has 3 heteroatoms. The van der Waals surface area contributed by atoms with E-state index in [1.54, 1.807) is 0 Å². The second-order valence-corrected chi connectivity index (χ2v) is 5.53. The van der Waals surface area contributed by atoms with E-state index in [1.165, 1.54) is 24.1 Å². The van der Waals surface area contributed by atoms with Gasteiger partial charge in [0.05, 0.1) is 6.54 Å². The SMILES string of the molecule is Cc1ccccc1[C@H]1CCN(Cc2nccn2C)C1. The second kappa shape index (κ2) is 5.17. The lowest BCUT2D eigenvalue weighted by molar-refractivity contribution is 0.314. The van der Waals surface area contributed by atoms with E-state index in [2.05, 4.69) is 52.7 Å². The molecule has 3 nitrogen and oxygen atoms in total. The summed E-state index contributed by atoms with van der Waals surface area (Å²) >= 11 is 0. The highest BCUT2D eigenvalue weighted by Crippen LogP contribution is 2.29. The van der Waals surface area contributed by atoms with E-state index >= 15 is 0 Å². The van der Waals surface area contributed by atoms with Crippen LogP contribution in [0.25, 0.3) is 0 Å². The van der Waals surface area contributed by atoms with Crippen LogP contribution in [0.5, 0.6) is 0 Å². The van der Waals surface area contributed by atoms with Gasteiger partial charge < -0.3 is 4.57 Å². The number of aromatic nitrogens is 2. The molecule has 3 rings (SSSR count). The highest BCUT2D eigenvalue weighted by atomic mass is 15.2. The minimum absolute atomic E-state index is 0.682. The normalized spacial score (nSPS) is 20.0. The van der Waals surface area contributed by atoms with E-state index in [-0.39, 0.29) is 0 Å². The molecule has 2 aromatic rings. The van der Waals surface area contributed by atoms with Gasteiger partial charge in [0.2, 0.25) is 0 Å². The quantitative estimate of drug-likeness (QED) is 0.841. The highest BCUT2D eigenvalue weighted by Gasteiger charge is 2.25. The first-order valence-corrected chi connectivity index (χ1v) is 6.98. The zero-order valence-corrected chi connectivity index (χ0v) is 11.7. The van der Waals surface area contributed by atoms with Crippen molar-refractivity contribution in [1.82, 2.24) is 14.5 Å². The predicted molar refractivity (Wildman–Crippen MR) is 77.0 cm³/mol. The van der Waals surface area contributed by atoms with Gasteiger partial charge in [0.15, 0.2) is 0 Å². The smallest absolute Gasteiger partial charge is 0.122 e. The standard InChI is InChI=1S/C16H21N3/c1-13-5-3-4-6-15(13)14-7-9-19(11-14)12-16-17-8-10-18(16)2/h3-6,8,10,14H,7,9,11-12H2,1-2H3/t14-/m0/s1. The van der Waals surface area contributed by atoms with Crippen LogP contribution in [-0.2, 0) is 13.6 Å². The lowest BCUT2D eigenvalue weighted by Gasteiger charge is -2.17. The molecular weight excluding hydrogens is 234 g/mol. The Morgan fingerprint density at radius 1 is 1.32 bits per heavy atom. The highest BCUT2D eigenvalue weighted by molar-refractivity contribution is 5.30. The van der Waals surface area contributed by atoms with Crippen molar-refractivity contribution in [2.45, 2.75) is 25.8 Å². The molecule has 1 saturated heterocycles. The van der Waals surface area contributed by atoms with E-state index in [1.807, 2.05) is 12.4 Å². The largest absolute Gasteiger partial charge is 0.337 e. The summed E-state index contributed by atoms with van der Waals surface area (Å²) in [6, 6.07) is 8.78. The molecular formula is C16H21N3. The van der Waals surface area contributed by atoms with E-state index in [9.17, 15) is 0 Å². The molecule has 1 fully saturated rings. The lowest BCUT2D eigenvalue weighted by Crippen LogP contribution is -2.21. The Balaban J connectivity index is 1.68. The van der Waals surface area contributed by atoms with Gasteiger partial charge in [-0.25, -0.2) is 4.98 Å². The fourth-order valence-electron chi connectivity index (χ4n) is 3.02. The van der Waals surface area contributed by atoms with E-state index in [4.69, 9.17) is 0 Å². The van der Waals surface area contributed by atoms with Crippen molar-refractivity contribution in [3.8, 4) is 0 Å². The minimum atomic E-state index is 0.682. The van der Waals surface area contributed by atoms with Crippen LogP contribution in [0.1, 0.15) is 29.3 Å². The molecule has 1 aliphatic rings. The Hall–Kier alpha value is -1.61. The Morgan fingerprint density at radius 3 is 2.89 bits per heavy atom. The second-order valence-electron chi connectivity index (χ2n) is 5.53. The molecule has 0 radical (unpaired) electrons. The van der Waals surface area contributed by atoms with Crippen LogP contribution in [0.15, 0.2) is 36.7 Å². The number of hydrogen-bond acceptors (Lipinski definition) is 2. The Bertz CT molecular complexity index is 559. The van der Waals surface area contributed by atoms with E-state index in [0.29, 0.717) is 5.92 Å². The summed E-state index contributed by atoms with van der Waals surface area (Å²) < 4.78 is 2.11. The molecule has 0 aliphatic carbocycles. The summed E-state index contributed by atoms with van der Waals surface area (Å²) in [6.45, 7) is 5.51. The van der Waals surface area contributed by atoms with Crippen LogP contribution in [0.2, 0.25) is 0 Å². The number of likely N-dealkylation sites (tertiary alicyclic amines) is 1. The average Bonchev–Trinajstić information content (AvgIpc) is 3.01. The van der Waals surface area contributed by atoms with Crippen molar-refractivity contribution in [1.29, 1.82) is 0 Å². The molecule has 0 bridgehead atoms. The predicted octanol–water partition coefficient (Wildman–Crippen LogP) is 2.72. The monoisotopic (exact) mass is 255 g/mol. The number of rotatable bonds is 3. The third kappa shape index (κ3) is 2.56. The summed E-state index contributed by atoms with van der Waals surface area (Å²) in [6.07, 6.45) is 5.16. The summed E-state index contributed by atoms with van der Waals surface area (Å²) in [4.78, 5) is 6.93. The van der Waals surface area contributed by atoms with Gasteiger partial charge in [0.1, 0.15) is 5.82 Å². The zero-order chi connectivity index (χ0) is 13.2. The van der Waals surface area contributed by atoms with Gasteiger partial charge in [-0.1, -0.05) is 24.3 Å². The van der Waals surface area contributed by atoms with Crippen LogP contribution >= 0.6 is 0 Å². The number of nitrogens with zero attached hydrogens (tertiary/aromatic N) is 3. The molecule has 0 saturated carbocycles. The molecule has 1 atom stereocenters. The number of aryl methyl sites for hydroxylation is 2. The van der Waals surface area contributed by atoms with Crippen molar-refractivity contribution in [2.24, 2.45) is 7.05 Å². The summed E-state index contributed by atoms with van der Waals surface area (Å²) in [7, 11) is 2.07. The van der Waals surface area contributed by atoms with Gasteiger partial charge in [0.25, 0.3) is 0 Å². The van der Waals surface area contributed by atoms with Gasteiger partial charge in [-0.15, -0.1) is 0 Å². The van der Waals surface area contributed by atoms with Crippen LogP contribution in [0.4, 0.5) is 0 Å². The van der Waals surface area contributed by atoms with Gasteiger partial charge in [0, 0.05) is 26.0 Å². The van der Waals surface area contributed by atoms with Gasteiger partial charge in [-0.05, 0) is 36.9 Å². The van der Waals surface area contributed by atoms with Crippen LogP contribution in [0, 0.1) is 6.92 Å². The zero-order valence-electron chi connectivity index (χ0n) is 11.7. The maximum Gasteiger partial charge on any atom is 0.122 e. The third-order valence-corrected chi connectivity index (χ3v) is 4.19.